The van der Waals surface area contributed by atoms with Crippen molar-refractivity contribution in [1.82, 2.24) is 19.2 Å². The second-order valence-electron chi connectivity index (χ2n) is 7.39. The summed E-state index contributed by atoms with van der Waals surface area (Å²) in [4.78, 5) is 35.1. The molecule has 1 unspecified atom stereocenters. The van der Waals surface area contributed by atoms with E-state index in [1.165, 1.54) is 11.3 Å². The Morgan fingerprint density at radius 2 is 2.00 bits per heavy atom. The summed E-state index contributed by atoms with van der Waals surface area (Å²) in [7, 11) is 0. The number of carbonyl (C=O) groups excluding carboxylic acids is 1. The molecule has 4 rings (SSSR count). The molecule has 1 amide bonds. The third-order valence-electron chi connectivity index (χ3n) is 5.60. The van der Waals surface area contributed by atoms with E-state index in [1.807, 2.05) is 10.3 Å². The van der Waals surface area contributed by atoms with E-state index < -0.39 is 5.54 Å². The predicted molar refractivity (Wildman–Crippen MR) is 97.8 cm³/mol. The van der Waals surface area contributed by atoms with E-state index in [1.54, 1.807) is 16.7 Å². The van der Waals surface area contributed by atoms with E-state index in [9.17, 15) is 9.59 Å². The van der Waals surface area contributed by atoms with Gasteiger partial charge in [0.2, 0.25) is 5.91 Å². The lowest BCUT2D eigenvalue weighted by Crippen LogP contribution is -2.61. The highest BCUT2D eigenvalue weighted by Crippen LogP contribution is 2.39. The van der Waals surface area contributed by atoms with Crippen LogP contribution in [0.4, 0.5) is 0 Å². The van der Waals surface area contributed by atoms with Crippen LogP contribution in [0.15, 0.2) is 22.4 Å². The Morgan fingerprint density at radius 1 is 1.24 bits per heavy atom. The van der Waals surface area contributed by atoms with Crippen LogP contribution < -0.4 is 5.56 Å². The number of thiazole rings is 1. The third-order valence-corrected chi connectivity index (χ3v) is 6.36. The Kier molecular flexibility index (Phi) is 4.16. The summed E-state index contributed by atoms with van der Waals surface area (Å²) < 4.78 is 1.57. The summed E-state index contributed by atoms with van der Waals surface area (Å²) in [6.07, 6.45) is 5.64. The molecule has 0 saturated carbocycles. The molecular weight excluding hydrogens is 336 g/mol. The molecule has 1 atom stereocenters. The monoisotopic (exact) mass is 360 g/mol. The number of aromatic nitrogens is 2. The number of fused-ring (bicyclic) bond motifs is 1. The zero-order valence-corrected chi connectivity index (χ0v) is 15.6. The fourth-order valence-electron chi connectivity index (χ4n) is 4.36. The number of likely N-dealkylation sites (tertiary alicyclic amines) is 2. The van der Waals surface area contributed by atoms with Crippen LogP contribution in [0.5, 0.6) is 0 Å². The normalized spacial score (nSPS) is 24.9. The number of piperidine rings is 1. The van der Waals surface area contributed by atoms with E-state index >= 15 is 0 Å². The van der Waals surface area contributed by atoms with Crippen LogP contribution in [0, 0.1) is 0 Å². The van der Waals surface area contributed by atoms with Gasteiger partial charge in [0, 0.05) is 36.8 Å². The van der Waals surface area contributed by atoms with Crippen molar-refractivity contribution in [2.45, 2.75) is 57.7 Å². The fourth-order valence-corrected chi connectivity index (χ4v) is 5.10. The Balaban J connectivity index is 1.64. The Bertz CT molecular complexity index is 858. The summed E-state index contributed by atoms with van der Waals surface area (Å²) in [6, 6.07) is 1.84. The van der Waals surface area contributed by atoms with E-state index in [2.05, 4.69) is 23.7 Å². The molecule has 0 aromatic carbocycles. The first-order valence-electron chi connectivity index (χ1n) is 9.03. The van der Waals surface area contributed by atoms with Gasteiger partial charge in [-0.15, -0.1) is 11.3 Å². The molecule has 2 aromatic heterocycles. The first-order valence-corrected chi connectivity index (χ1v) is 9.91. The molecule has 134 valence electrons. The van der Waals surface area contributed by atoms with Crippen LogP contribution in [0.3, 0.4) is 0 Å². The summed E-state index contributed by atoms with van der Waals surface area (Å²) in [6.45, 7) is 6.49. The molecule has 2 aliphatic rings. The molecule has 2 aliphatic heterocycles. The molecule has 2 aromatic rings. The Labute approximate surface area is 151 Å². The number of rotatable bonds is 3. The minimum Gasteiger partial charge on any atom is -0.339 e. The second-order valence-corrected chi connectivity index (χ2v) is 8.27. The SMILES string of the molecule is CC(C)N1CCCC2(CCCN2Cc2cc(=O)n3ccsc3n2)C1=O. The van der Waals surface area contributed by atoms with E-state index in [4.69, 9.17) is 0 Å². The summed E-state index contributed by atoms with van der Waals surface area (Å²) in [5, 5.41) is 1.87. The zero-order valence-electron chi connectivity index (χ0n) is 14.8. The molecular formula is C18H24N4O2S. The van der Waals surface area contributed by atoms with Gasteiger partial charge in [-0.3, -0.25) is 18.9 Å². The van der Waals surface area contributed by atoms with Crippen molar-refractivity contribution < 1.29 is 4.79 Å². The molecule has 0 N–H and O–H groups in total. The molecule has 1 spiro atoms. The first-order chi connectivity index (χ1) is 12.0. The highest BCUT2D eigenvalue weighted by molar-refractivity contribution is 7.15. The molecule has 0 radical (unpaired) electrons. The molecule has 0 aliphatic carbocycles. The minimum atomic E-state index is -0.398. The highest BCUT2D eigenvalue weighted by atomic mass is 32.1. The van der Waals surface area contributed by atoms with Gasteiger partial charge < -0.3 is 4.90 Å². The predicted octanol–water partition coefficient (Wildman–Crippen LogP) is 2.12. The molecule has 2 saturated heterocycles. The van der Waals surface area contributed by atoms with Crippen molar-refractivity contribution in [3.63, 3.8) is 0 Å². The van der Waals surface area contributed by atoms with Crippen LogP contribution in [0.1, 0.15) is 45.2 Å². The maximum absolute atomic E-state index is 13.2. The van der Waals surface area contributed by atoms with Gasteiger partial charge in [0.1, 0.15) is 5.54 Å². The van der Waals surface area contributed by atoms with Gasteiger partial charge in [-0.05, 0) is 46.1 Å². The lowest BCUT2D eigenvalue weighted by atomic mass is 9.84. The Hall–Kier alpha value is -1.73. The molecule has 4 heterocycles. The number of nitrogens with zero attached hydrogens (tertiary/aromatic N) is 4. The lowest BCUT2D eigenvalue weighted by molar-refractivity contribution is -0.149. The maximum atomic E-state index is 13.2. The van der Waals surface area contributed by atoms with Crippen molar-refractivity contribution in [2.24, 2.45) is 0 Å². The second kappa shape index (κ2) is 6.21. The van der Waals surface area contributed by atoms with Gasteiger partial charge in [-0.25, -0.2) is 4.98 Å². The summed E-state index contributed by atoms with van der Waals surface area (Å²) in [5.41, 5.74) is 0.321. The average molecular weight is 360 g/mol. The van der Waals surface area contributed by atoms with Crippen molar-refractivity contribution >= 4 is 22.2 Å². The summed E-state index contributed by atoms with van der Waals surface area (Å²) >= 11 is 1.46. The van der Waals surface area contributed by atoms with Crippen molar-refractivity contribution in [1.29, 1.82) is 0 Å². The standard InChI is InChI=1S/C18H24N4O2S/c1-13(2)21-8-4-6-18(16(21)24)5-3-7-20(18)12-14-11-15(23)22-9-10-25-17(22)19-14/h9-11,13H,3-8,12H2,1-2H3. The third kappa shape index (κ3) is 2.69. The average Bonchev–Trinajstić information content (AvgIpc) is 3.18. The summed E-state index contributed by atoms with van der Waals surface area (Å²) in [5.74, 6) is 0.264. The number of hydrogen-bond donors (Lipinski definition) is 0. The van der Waals surface area contributed by atoms with E-state index in [0.717, 1.165) is 49.4 Å². The van der Waals surface area contributed by atoms with E-state index in [-0.39, 0.29) is 17.5 Å². The van der Waals surface area contributed by atoms with Crippen LogP contribution >= 0.6 is 11.3 Å². The lowest BCUT2D eigenvalue weighted by Gasteiger charge is -2.46. The van der Waals surface area contributed by atoms with Gasteiger partial charge in [0.15, 0.2) is 4.96 Å². The molecule has 7 heteroatoms. The van der Waals surface area contributed by atoms with Crippen LogP contribution in [-0.4, -0.2) is 49.8 Å². The van der Waals surface area contributed by atoms with Crippen LogP contribution in [-0.2, 0) is 11.3 Å². The Morgan fingerprint density at radius 3 is 2.76 bits per heavy atom. The van der Waals surface area contributed by atoms with E-state index in [0.29, 0.717) is 6.54 Å². The highest BCUT2D eigenvalue weighted by Gasteiger charge is 2.51. The molecule has 0 bridgehead atoms. The van der Waals surface area contributed by atoms with Crippen LogP contribution in [0.2, 0.25) is 0 Å². The smallest absolute Gasteiger partial charge is 0.258 e. The largest absolute Gasteiger partial charge is 0.339 e. The first kappa shape index (κ1) is 16.7. The van der Waals surface area contributed by atoms with Crippen molar-refractivity contribution in [2.75, 3.05) is 13.1 Å². The minimum absolute atomic E-state index is 0.0479. The van der Waals surface area contributed by atoms with Gasteiger partial charge in [0.25, 0.3) is 5.56 Å². The number of amides is 1. The van der Waals surface area contributed by atoms with Gasteiger partial charge >= 0.3 is 0 Å². The topological polar surface area (TPSA) is 57.9 Å². The van der Waals surface area contributed by atoms with Crippen molar-refractivity contribution in [3.05, 3.63) is 33.7 Å². The van der Waals surface area contributed by atoms with Crippen LogP contribution in [0.25, 0.3) is 4.96 Å². The maximum Gasteiger partial charge on any atom is 0.258 e. The van der Waals surface area contributed by atoms with Gasteiger partial charge in [-0.1, -0.05) is 0 Å². The van der Waals surface area contributed by atoms with Gasteiger partial charge in [0.05, 0.1) is 5.69 Å². The molecule has 25 heavy (non-hydrogen) atoms. The van der Waals surface area contributed by atoms with Crippen molar-refractivity contribution in [3.8, 4) is 0 Å². The quantitative estimate of drug-likeness (QED) is 0.841. The fraction of sp³-hybridized carbons (Fsp3) is 0.611. The number of hydrogen-bond acceptors (Lipinski definition) is 5. The van der Waals surface area contributed by atoms with Gasteiger partial charge in [-0.2, -0.15) is 0 Å². The molecule has 6 nitrogen and oxygen atoms in total. The molecule has 2 fully saturated rings. The number of carbonyl (C=O) groups is 1. The zero-order chi connectivity index (χ0) is 17.6.